The molecule has 0 aliphatic rings. The van der Waals surface area contributed by atoms with E-state index < -0.39 is 0 Å². The van der Waals surface area contributed by atoms with Crippen molar-refractivity contribution in [2.24, 2.45) is 5.73 Å². The second-order valence-corrected chi connectivity index (χ2v) is 5.42. The predicted molar refractivity (Wildman–Crippen MR) is 85.3 cm³/mol. The van der Waals surface area contributed by atoms with E-state index in [1.54, 1.807) is 0 Å². The lowest BCUT2D eigenvalue weighted by Gasteiger charge is -2.08. The molecule has 1 unspecified atom stereocenters. The van der Waals surface area contributed by atoms with Crippen LogP contribution < -0.4 is 11.2 Å². The maximum atomic E-state index is 11.6. The van der Waals surface area contributed by atoms with Crippen LogP contribution in [0.4, 0.5) is 0 Å². The summed E-state index contributed by atoms with van der Waals surface area (Å²) in [7, 11) is 0. The van der Waals surface area contributed by atoms with E-state index in [-0.39, 0.29) is 5.91 Å². The lowest BCUT2D eigenvalue weighted by atomic mass is 10.1. The molecule has 21 heavy (non-hydrogen) atoms. The molecule has 118 valence electrons. The lowest BCUT2D eigenvalue weighted by molar-refractivity contribution is -0.134. The molecule has 0 bridgehead atoms. The van der Waals surface area contributed by atoms with Crippen LogP contribution in [0, 0.1) is 0 Å². The molecular formula is C17H28N2O2. The van der Waals surface area contributed by atoms with E-state index in [4.69, 9.17) is 10.6 Å². The number of carbonyl (C=O) groups excluding carboxylic acids is 1. The molecule has 0 aromatic heterocycles. The average molecular weight is 292 g/mol. The molecule has 0 saturated carbocycles. The summed E-state index contributed by atoms with van der Waals surface area (Å²) in [6.07, 6.45) is 6.93. The highest BCUT2D eigenvalue weighted by Crippen LogP contribution is 2.08. The van der Waals surface area contributed by atoms with E-state index >= 15 is 0 Å². The second kappa shape index (κ2) is 11.3. The SMILES string of the molecule is CCC(N)CCCCCCC(=O)NOCc1ccccc1. The van der Waals surface area contributed by atoms with E-state index in [2.05, 4.69) is 12.4 Å². The first kappa shape index (κ1) is 17.7. The molecule has 1 aromatic rings. The Morgan fingerprint density at radius 1 is 1.19 bits per heavy atom. The van der Waals surface area contributed by atoms with Crippen molar-refractivity contribution in [1.82, 2.24) is 5.48 Å². The molecule has 1 amide bonds. The molecule has 0 aliphatic carbocycles. The number of nitrogens with one attached hydrogen (secondary N) is 1. The van der Waals surface area contributed by atoms with Gasteiger partial charge in [-0.3, -0.25) is 9.63 Å². The van der Waals surface area contributed by atoms with Crippen LogP contribution in [0.25, 0.3) is 0 Å². The van der Waals surface area contributed by atoms with E-state index in [1.807, 2.05) is 30.3 Å². The smallest absolute Gasteiger partial charge is 0.243 e. The fraction of sp³-hybridized carbons (Fsp3) is 0.588. The van der Waals surface area contributed by atoms with Crippen LogP contribution in [0.3, 0.4) is 0 Å². The number of hydroxylamine groups is 1. The van der Waals surface area contributed by atoms with Crippen molar-refractivity contribution in [3.05, 3.63) is 35.9 Å². The lowest BCUT2D eigenvalue weighted by Crippen LogP contribution is -2.23. The van der Waals surface area contributed by atoms with Crippen LogP contribution in [0.2, 0.25) is 0 Å². The highest BCUT2D eigenvalue weighted by Gasteiger charge is 2.02. The van der Waals surface area contributed by atoms with Crippen molar-refractivity contribution in [2.45, 2.75) is 64.5 Å². The average Bonchev–Trinajstić information content (AvgIpc) is 2.51. The quantitative estimate of drug-likeness (QED) is 0.486. The van der Waals surface area contributed by atoms with Gasteiger partial charge in [-0.1, -0.05) is 56.5 Å². The molecule has 0 saturated heterocycles. The second-order valence-electron chi connectivity index (χ2n) is 5.42. The topological polar surface area (TPSA) is 64.4 Å². The van der Waals surface area contributed by atoms with E-state index in [9.17, 15) is 4.79 Å². The molecule has 0 spiro atoms. The molecular weight excluding hydrogens is 264 g/mol. The Kier molecular flexibility index (Phi) is 9.49. The monoisotopic (exact) mass is 292 g/mol. The number of carbonyl (C=O) groups is 1. The summed E-state index contributed by atoms with van der Waals surface area (Å²) >= 11 is 0. The number of rotatable bonds is 11. The Morgan fingerprint density at radius 2 is 1.90 bits per heavy atom. The molecule has 4 nitrogen and oxygen atoms in total. The zero-order valence-corrected chi connectivity index (χ0v) is 13.0. The predicted octanol–water partition coefficient (Wildman–Crippen LogP) is 3.31. The summed E-state index contributed by atoms with van der Waals surface area (Å²) < 4.78 is 0. The third-order valence-electron chi connectivity index (χ3n) is 3.52. The third kappa shape index (κ3) is 9.21. The number of hydrogen-bond donors (Lipinski definition) is 2. The van der Waals surface area contributed by atoms with Gasteiger partial charge in [0.05, 0.1) is 6.61 Å². The summed E-state index contributed by atoms with van der Waals surface area (Å²) in [5, 5.41) is 0. The highest BCUT2D eigenvalue weighted by molar-refractivity contribution is 5.74. The van der Waals surface area contributed by atoms with Gasteiger partial charge in [0.1, 0.15) is 0 Å². The van der Waals surface area contributed by atoms with Crippen LogP contribution >= 0.6 is 0 Å². The fourth-order valence-corrected chi connectivity index (χ4v) is 2.07. The third-order valence-corrected chi connectivity index (χ3v) is 3.52. The Morgan fingerprint density at radius 3 is 2.62 bits per heavy atom. The summed E-state index contributed by atoms with van der Waals surface area (Å²) in [5.41, 5.74) is 9.39. The van der Waals surface area contributed by atoms with Gasteiger partial charge in [0, 0.05) is 12.5 Å². The van der Waals surface area contributed by atoms with Crippen LogP contribution in [0.15, 0.2) is 30.3 Å². The van der Waals surface area contributed by atoms with Crippen LogP contribution in [0.5, 0.6) is 0 Å². The van der Waals surface area contributed by atoms with Crippen molar-refractivity contribution in [3.8, 4) is 0 Å². The van der Waals surface area contributed by atoms with Crippen molar-refractivity contribution in [3.63, 3.8) is 0 Å². The minimum absolute atomic E-state index is 0.0452. The van der Waals surface area contributed by atoms with Gasteiger partial charge < -0.3 is 5.73 Å². The molecule has 4 heteroatoms. The summed E-state index contributed by atoms with van der Waals surface area (Å²) in [4.78, 5) is 16.8. The van der Waals surface area contributed by atoms with Crippen molar-refractivity contribution < 1.29 is 9.63 Å². The minimum Gasteiger partial charge on any atom is -0.328 e. The van der Waals surface area contributed by atoms with E-state index in [0.29, 0.717) is 19.1 Å². The molecule has 3 N–H and O–H groups in total. The molecule has 1 aromatic carbocycles. The van der Waals surface area contributed by atoms with Crippen molar-refractivity contribution in [2.75, 3.05) is 0 Å². The van der Waals surface area contributed by atoms with E-state index in [0.717, 1.165) is 44.1 Å². The molecule has 1 atom stereocenters. The Hall–Kier alpha value is -1.39. The highest BCUT2D eigenvalue weighted by atomic mass is 16.6. The molecule has 0 aliphatic heterocycles. The normalized spacial score (nSPS) is 12.1. The van der Waals surface area contributed by atoms with Gasteiger partial charge in [-0.05, 0) is 24.8 Å². The first-order valence-corrected chi connectivity index (χ1v) is 7.92. The van der Waals surface area contributed by atoms with Crippen LogP contribution in [0.1, 0.15) is 57.4 Å². The standard InChI is InChI=1S/C17H28N2O2/c1-2-16(18)12-8-3-4-9-13-17(20)19-21-14-15-10-6-5-7-11-15/h5-7,10-11,16H,2-4,8-9,12-14,18H2,1H3,(H,19,20). The van der Waals surface area contributed by atoms with Gasteiger partial charge in [0.2, 0.25) is 5.91 Å². The number of amides is 1. The van der Waals surface area contributed by atoms with Crippen molar-refractivity contribution >= 4 is 5.91 Å². The summed E-state index contributed by atoms with van der Waals surface area (Å²) in [6.45, 7) is 2.52. The Labute approximate surface area is 128 Å². The van der Waals surface area contributed by atoms with Crippen LogP contribution in [-0.2, 0) is 16.2 Å². The molecule has 0 radical (unpaired) electrons. The number of nitrogens with two attached hydrogens (primary N) is 1. The zero-order chi connectivity index (χ0) is 15.3. The molecule has 0 fully saturated rings. The summed E-state index contributed by atoms with van der Waals surface area (Å²) in [6, 6.07) is 10.1. The Balaban J connectivity index is 1.94. The Bertz CT molecular complexity index is 382. The van der Waals surface area contributed by atoms with Gasteiger partial charge >= 0.3 is 0 Å². The minimum atomic E-state index is -0.0452. The van der Waals surface area contributed by atoms with Gasteiger partial charge in [-0.25, -0.2) is 5.48 Å². The van der Waals surface area contributed by atoms with Gasteiger partial charge in [0.15, 0.2) is 0 Å². The first-order valence-electron chi connectivity index (χ1n) is 7.92. The zero-order valence-electron chi connectivity index (χ0n) is 13.0. The largest absolute Gasteiger partial charge is 0.328 e. The van der Waals surface area contributed by atoms with Gasteiger partial charge in [-0.2, -0.15) is 0 Å². The van der Waals surface area contributed by atoms with Gasteiger partial charge in [-0.15, -0.1) is 0 Å². The number of benzene rings is 1. The molecule has 1 rings (SSSR count). The van der Waals surface area contributed by atoms with Gasteiger partial charge in [0.25, 0.3) is 0 Å². The fourth-order valence-electron chi connectivity index (χ4n) is 2.07. The number of unbranched alkanes of at least 4 members (excludes halogenated alkanes) is 3. The maximum Gasteiger partial charge on any atom is 0.243 e. The first-order chi connectivity index (χ1) is 10.2. The van der Waals surface area contributed by atoms with Crippen molar-refractivity contribution in [1.29, 1.82) is 0 Å². The van der Waals surface area contributed by atoms with E-state index in [1.165, 1.54) is 0 Å². The van der Waals surface area contributed by atoms with Crippen LogP contribution in [-0.4, -0.2) is 11.9 Å². The maximum absolute atomic E-state index is 11.6. The molecule has 0 heterocycles. The number of hydrogen-bond acceptors (Lipinski definition) is 3. The summed E-state index contributed by atoms with van der Waals surface area (Å²) in [5.74, 6) is -0.0452.